The number of nitrogens with one attached hydrogen (secondary N) is 2. The van der Waals surface area contributed by atoms with E-state index in [1.165, 1.54) is 6.42 Å². The van der Waals surface area contributed by atoms with Gasteiger partial charge in [0.2, 0.25) is 17.7 Å². The summed E-state index contributed by atoms with van der Waals surface area (Å²) in [6.07, 6.45) is 7.24. The second kappa shape index (κ2) is 10.1. The summed E-state index contributed by atoms with van der Waals surface area (Å²) in [6.45, 7) is 13.2. The second-order valence-corrected chi connectivity index (χ2v) is 12.6. The number of likely N-dealkylation sites (tertiary alicyclic amines) is 1. The third-order valence-electron chi connectivity index (χ3n) is 9.68. The van der Waals surface area contributed by atoms with Crippen molar-refractivity contribution in [3.05, 3.63) is 41.5 Å². The van der Waals surface area contributed by atoms with E-state index in [2.05, 4.69) is 38.3 Å². The van der Waals surface area contributed by atoms with Crippen molar-refractivity contribution in [3.8, 4) is 0 Å². The molecule has 206 valence electrons. The molecule has 1 spiro atoms. The Labute approximate surface area is 226 Å². The second-order valence-electron chi connectivity index (χ2n) is 12.6. The van der Waals surface area contributed by atoms with Crippen LogP contribution in [0.1, 0.15) is 64.5 Å². The Bertz CT molecular complexity index is 1150. The molecule has 7 nitrogen and oxygen atoms in total. The zero-order valence-electron chi connectivity index (χ0n) is 23.6. The number of ether oxygens (including phenoxy) is 1. The number of anilines is 1. The van der Waals surface area contributed by atoms with Gasteiger partial charge in [0, 0.05) is 18.3 Å². The molecule has 0 aromatic heterocycles. The molecule has 2 bridgehead atoms. The van der Waals surface area contributed by atoms with E-state index < -0.39 is 29.6 Å². The Kier molecular flexibility index (Phi) is 7.18. The number of rotatable bonds is 7. The molecular formula is C31H43N3O4. The van der Waals surface area contributed by atoms with Crippen LogP contribution < -0.4 is 10.6 Å². The first-order valence-electron chi connectivity index (χ1n) is 14.4. The number of hydrogen-bond donors (Lipinski definition) is 2. The van der Waals surface area contributed by atoms with Crippen molar-refractivity contribution in [2.45, 2.75) is 91.0 Å². The Hall–Kier alpha value is -2.67. The lowest BCUT2D eigenvalue weighted by Crippen LogP contribution is -2.58. The minimum absolute atomic E-state index is 0.0789. The molecule has 2 N–H and O–H groups in total. The largest absolute Gasteiger partial charge is 0.359 e. The molecule has 3 aliphatic heterocycles. The summed E-state index contributed by atoms with van der Waals surface area (Å²) >= 11 is 0. The Morgan fingerprint density at radius 1 is 1.13 bits per heavy atom. The van der Waals surface area contributed by atoms with Crippen LogP contribution in [0.5, 0.6) is 0 Å². The van der Waals surface area contributed by atoms with E-state index in [-0.39, 0.29) is 23.8 Å². The number of carbonyl (C=O) groups excluding carboxylic acids is 3. The van der Waals surface area contributed by atoms with Crippen LogP contribution in [0.3, 0.4) is 0 Å². The van der Waals surface area contributed by atoms with E-state index in [0.29, 0.717) is 30.0 Å². The summed E-state index contributed by atoms with van der Waals surface area (Å²) < 4.78 is 6.48. The lowest BCUT2D eigenvalue weighted by molar-refractivity contribution is -0.141. The molecule has 7 heteroatoms. The molecule has 3 fully saturated rings. The number of fused-ring (bicyclic) bond motifs is 1. The van der Waals surface area contributed by atoms with Crippen LogP contribution in [0.4, 0.5) is 5.69 Å². The standard InChI is InChI=1S/C31H43N3O4/c1-17(2)13-15-34-27(29(36)33-23-9-7-8-19(4)21(23)6)31-14-12-24(38-31)25(26(31)30(34)37)28(35)32-22-11-10-18(3)20(5)16-22/h10-12,14,16-17,19,21,23-27H,7-9,13,15H2,1-6H3,(H,32,35)(H,33,36)/t19-,21-,23+,24+,25-,26+,27+,31+/m0/s1. The van der Waals surface area contributed by atoms with Gasteiger partial charge in [0.15, 0.2) is 0 Å². The van der Waals surface area contributed by atoms with Crippen LogP contribution in [-0.4, -0.2) is 53.0 Å². The Morgan fingerprint density at radius 2 is 1.89 bits per heavy atom. The van der Waals surface area contributed by atoms with E-state index >= 15 is 0 Å². The average Bonchev–Trinajstić information content (AvgIpc) is 3.50. The van der Waals surface area contributed by atoms with Crippen molar-refractivity contribution in [2.24, 2.45) is 29.6 Å². The summed E-state index contributed by atoms with van der Waals surface area (Å²) in [5, 5.41) is 6.35. The molecule has 1 aromatic carbocycles. The molecular weight excluding hydrogens is 478 g/mol. The molecule has 5 rings (SSSR count). The summed E-state index contributed by atoms with van der Waals surface area (Å²) in [6, 6.07) is 5.11. The van der Waals surface area contributed by atoms with Gasteiger partial charge < -0.3 is 20.3 Å². The predicted molar refractivity (Wildman–Crippen MR) is 147 cm³/mol. The number of benzene rings is 1. The van der Waals surface area contributed by atoms with Crippen molar-refractivity contribution in [1.29, 1.82) is 0 Å². The first-order valence-corrected chi connectivity index (χ1v) is 14.4. The molecule has 0 unspecified atom stereocenters. The van der Waals surface area contributed by atoms with Crippen LogP contribution in [0.15, 0.2) is 30.4 Å². The first kappa shape index (κ1) is 26.9. The average molecular weight is 522 g/mol. The van der Waals surface area contributed by atoms with Crippen LogP contribution in [0.2, 0.25) is 0 Å². The maximum Gasteiger partial charge on any atom is 0.246 e. The Morgan fingerprint density at radius 3 is 2.61 bits per heavy atom. The quantitative estimate of drug-likeness (QED) is 0.522. The highest BCUT2D eigenvalue weighted by molar-refractivity contribution is 6.02. The predicted octanol–water partition coefficient (Wildman–Crippen LogP) is 4.38. The lowest BCUT2D eigenvalue weighted by Gasteiger charge is -2.38. The lowest BCUT2D eigenvalue weighted by atomic mass is 9.73. The van der Waals surface area contributed by atoms with Crippen LogP contribution in [0, 0.1) is 43.4 Å². The van der Waals surface area contributed by atoms with Crippen molar-refractivity contribution in [2.75, 3.05) is 11.9 Å². The number of hydrogen-bond acceptors (Lipinski definition) is 4. The molecule has 2 saturated heterocycles. The summed E-state index contributed by atoms with van der Waals surface area (Å²) in [5.41, 5.74) is 1.83. The number of nitrogens with zero attached hydrogens (tertiary/aromatic N) is 1. The summed E-state index contributed by atoms with van der Waals surface area (Å²) in [7, 11) is 0. The van der Waals surface area contributed by atoms with Crippen LogP contribution in [-0.2, 0) is 19.1 Å². The number of amides is 3. The number of aryl methyl sites for hydroxylation is 2. The smallest absolute Gasteiger partial charge is 0.246 e. The maximum atomic E-state index is 14.0. The normalized spacial score (nSPS) is 35.6. The van der Waals surface area contributed by atoms with E-state index in [9.17, 15) is 14.4 Å². The summed E-state index contributed by atoms with van der Waals surface area (Å²) in [5.74, 6) is -0.646. The fourth-order valence-corrected chi connectivity index (χ4v) is 7.00. The molecule has 4 aliphatic rings. The summed E-state index contributed by atoms with van der Waals surface area (Å²) in [4.78, 5) is 43.4. The molecule has 38 heavy (non-hydrogen) atoms. The van der Waals surface area contributed by atoms with Crippen LogP contribution in [0.25, 0.3) is 0 Å². The highest BCUT2D eigenvalue weighted by Crippen LogP contribution is 2.55. The fraction of sp³-hybridized carbons (Fsp3) is 0.645. The van der Waals surface area contributed by atoms with E-state index in [0.717, 1.165) is 30.4 Å². The van der Waals surface area contributed by atoms with Gasteiger partial charge in [-0.25, -0.2) is 0 Å². The third kappa shape index (κ3) is 4.47. The minimum Gasteiger partial charge on any atom is -0.359 e. The number of carbonyl (C=O) groups is 3. The molecule has 0 radical (unpaired) electrons. The minimum atomic E-state index is -1.11. The van der Waals surface area contributed by atoms with E-state index in [1.807, 2.05) is 44.2 Å². The SMILES string of the molecule is Cc1ccc(NC(=O)[C@H]2[C@H]3C=C[C@@]4(O3)[C@H]2C(=O)N(CCC(C)C)[C@@H]4C(=O)N[C@@H]2CCC[C@H](C)[C@@H]2C)cc1C. The highest BCUT2D eigenvalue weighted by atomic mass is 16.5. The molecule has 1 saturated carbocycles. The van der Waals surface area contributed by atoms with Crippen molar-refractivity contribution >= 4 is 23.4 Å². The fourth-order valence-electron chi connectivity index (χ4n) is 7.00. The van der Waals surface area contributed by atoms with E-state index in [1.54, 1.807) is 4.90 Å². The van der Waals surface area contributed by atoms with Crippen LogP contribution >= 0.6 is 0 Å². The molecule has 1 aromatic rings. The third-order valence-corrected chi connectivity index (χ3v) is 9.68. The van der Waals surface area contributed by atoms with E-state index in [4.69, 9.17) is 4.74 Å². The highest BCUT2D eigenvalue weighted by Gasteiger charge is 2.72. The van der Waals surface area contributed by atoms with Gasteiger partial charge in [0.05, 0.1) is 17.9 Å². The first-order chi connectivity index (χ1) is 18.0. The maximum absolute atomic E-state index is 14.0. The van der Waals surface area contributed by atoms with Gasteiger partial charge in [-0.05, 0) is 67.7 Å². The molecule has 3 amide bonds. The van der Waals surface area contributed by atoms with Gasteiger partial charge in [-0.15, -0.1) is 0 Å². The van der Waals surface area contributed by atoms with Gasteiger partial charge in [0.1, 0.15) is 11.6 Å². The monoisotopic (exact) mass is 521 g/mol. The Balaban J connectivity index is 1.43. The van der Waals surface area contributed by atoms with Gasteiger partial charge in [-0.2, -0.15) is 0 Å². The van der Waals surface area contributed by atoms with Gasteiger partial charge >= 0.3 is 0 Å². The zero-order chi connectivity index (χ0) is 27.4. The van der Waals surface area contributed by atoms with Crippen molar-refractivity contribution in [1.82, 2.24) is 10.2 Å². The molecule has 1 aliphatic carbocycles. The topological polar surface area (TPSA) is 87.7 Å². The van der Waals surface area contributed by atoms with Gasteiger partial charge in [-0.1, -0.05) is 58.8 Å². The van der Waals surface area contributed by atoms with Crippen molar-refractivity contribution in [3.63, 3.8) is 0 Å². The van der Waals surface area contributed by atoms with Crippen molar-refractivity contribution < 1.29 is 19.1 Å². The van der Waals surface area contributed by atoms with Gasteiger partial charge in [0.25, 0.3) is 0 Å². The molecule has 8 atom stereocenters. The molecule has 3 heterocycles. The zero-order valence-corrected chi connectivity index (χ0v) is 23.6. The van der Waals surface area contributed by atoms with Gasteiger partial charge in [-0.3, -0.25) is 14.4 Å².